The second kappa shape index (κ2) is 6.07. The van der Waals surface area contributed by atoms with Crippen LogP contribution in [-0.2, 0) is 16.1 Å². The average molecular weight is 298 g/mol. The first-order chi connectivity index (χ1) is 10.6. The monoisotopic (exact) mass is 298 g/mol. The van der Waals surface area contributed by atoms with Crippen molar-refractivity contribution in [3.8, 4) is 0 Å². The number of nitrogens with one attached hydrogen (secondary N) is 1. The van der Waals surface area contributed by atoms with Gasteiger partial charge in [0.2, 0.25) is 5.91 Å². The molecule has 1 atom stereocenters. The number of nitrogens with zero attached hydrogens (tertiary/aromatic N) is 1. The van der Waals surface area contributed by atoms with E-state index in [0.29, 0.717) is 12.2 Å². The molecule has 0 radical (unpaired) electrons. The molecule has 1 fully saturated rings. The quantitative estimate of drug-likeness (QED) is 0.881. The summed E-state index contributed by atoms with van der Waals surface area (Å²) in [6, 6.07) is 14.5. The highest BCUT2D eigenvalue weighted by Crippen LogP contribution is 2.23. The molecule has 0 aromatic heterocycles. The molecule has 2 amide bonds. The molecule has 0 spiro atoms. The normalized spacial score (nSPS) is 18.0. The SMILES string of the molecule is O=C1C[C@@H](NCc2ccccc2)C(=O)N1c1ccc(F)cc1. The van der Waals surface area contributed by atoms with E-state index < -0.39 is 11.9 Å². The summed E-state index contributed by atoms with van der Waals surface area (Å²) in [5.41, 5.74) is 1.45. The maximum atomic E-state index is 13.0. The maximum Gasteiger partial charge on any atom is 0.251 e. The van der Waals surface area contributed by atoms with Crippen LogP contribution in [0, 0.1) is 5.82 Å². The summed E-state index contributed by atoms with van der Waals surface area (Å²) < 4.78 is 13.0. The van der Waals surface area contributed by atoms with Crippen molar-refractivity contribution in [2.45, 2.75) is 19.0 Å². The molecule has 1 saturated heterocycles. The van der Waals surface area contributed by atoms with Gasteiger partial charge in [-0.05, 0) is 29.8 Å². The lowest BCUT2D eigenvalue weighted by molar-refractivity contribution is -0.121. The summed E-state index contributed by atoms with van der Waals surface area (Å²) in [6.45, 7) is 0.516. The van der Waals surface area contributed by atoms with Crippen molar-refractivity contribution in [2.24, 2.45) is 0 Å². The molecule has 1 heterocycles. The van der Waals surface area contributed by atoms with E-state index in [-0.39, 0.29) is 18.2 Å². The minimum atomic E-state index is -0.544. The van der Waals surface area contributed by atoms with Crippen LogP contribution < -0.4 is 10.2 Å². The lowest BCUT2D eigenvalue weighted by Crippen LogP contribution is -2.38. The van der Waals surface area contributed by atoms with Crippen LogP contribution in [0.15, 0.2) is 54.6 Å². The first kappa shape index (κ1) is 14.4. The molecule has 2 aromatic carbocycles. The molecule has 0 saturated carbocycles. The van der Waals surface area contributed by atoms with Crippen LogP contribution in [0.5, 0.6) is 0 Å². The van der Waals surface area contributed by atoms with Crippen LogP contribution in [-0.4, -0.2) is 17.9 Å². The number of carbonyl (C=O) groups excluding carboxylic acids is 2. The van der Waals surface area contributed by atoms with Crippen molar-refractivity contribution in [2.75, 3.05) is 4.90 Å². The van der Waals surface area contributed by atoms with Gasteiger partial charge in [0.05, 0.1) is 18.2 Å². The second-order valence-electron chi connectivity index (χ2n) is 5.17. The number of benzene rings is 2. The zero-order valence-electron chi connectivity index (χ0n) is 11.8. The van der Waals surface area contributed by atoms with Gasteiger partial charge in [0, 0.05) is 6.54 Å². The van der Waals surface area contributed by atoms with Gasteiger partial charge in [-0.3, -0.25) is 9.59 Å². The molecule has 22 heavy (non-hydrogen) atoms. The molecule has 0 bridgehead atoms. The van der Waals surface area contributed by atoms with Crippen LogP contribution in [0.3, 0.4) is 0 Å². The minimum absolute atomic E-state index is 0.114. The number of hydrogen-bond donors (Lipinski definition) is 1. The molecule has 5 heteroatoms. The van der Waals surface area contributed by atoms with Gasteiger partial charge in [0.1, 0.15) is 5.82 Å². The lowest BCUT2D eigenvalue weighted by atomic mass is 10.2. The Morgan fingerprint density at radius 2 is 1.73 bits per heavy atom. The zero-order chi connectivity index (χ0) is 15.5. The summed E-state index contributed by atoms with van der Waals surface area (Å²) in [4.78, 5) is 25.5. The average Bonchev–Trinajstić information content (AvgIpc) is 2.82. The fourth-order valence-corrected chi connectivity index (χ4v) is 2.49. The van der Waals surface area contributed by atoms with Gasteiger partial charge >= 0.3 is 0 Å². The van der Waals surface area contributed by atoms with Crippen molar-refractivity contribution >= 4 is 17.5 Å². The number of hydrogen-bond acceptors (Lipinski definition) is 3. The number of amides is 2. The highest BCUT2D eigenvalue weighted by atomic mass is 19.1. The molecule has 1 N–H and O–H groups in total. The van der Waals surface area contributed by atoms with Gasteiger partial charge < -0.3 is 5.32 Å². The minimum Gasteiger partial charge on any atom is -0.301 e. The molecule has 3 rings (SSSR count). The molecular weight excluding hydrogens is 283 g/mol. The van der Waals surface area contributed by atoms with Crippen molar-refractivity contribution < 1.29 is 14.0 Å². The summed E-state index contributed by atoms with van der Waals surface area (Å²) in [6.07, 6.45) is 0.114. The smallest absolute Gasteiger partial charge is 0.251 e. The first-order valence-electron chi connectivity index (χ1n) is 7.05. The molecular formula is C17H15FN2O2. The van der Waals surface area contributed by atoms with Gasteiger partial charge in [-0.15, -0.1) is 0 Å². The predicted molar refractivity (Wildman–Crippen MR) is 80.6 cm³/mol. The van der Waals surface area contributed by atoms with Gasteiger partial charge in [-0.25, -0.2) is 9.29 Å². The van der Waals surface area contributed by atoms with Crippen LogP contribution in [0.4, 0.5) is 10.1 Å². The Hall–Kier alpha value is -2.53. The lowest BCUT2D eigenvalue weighted by Gasteiger charge is -2.15. The number of carbonyl (C=O) groups is 2. The molecule has 112 valence electrons. The van der Waals surface area contributed by atoms with E-state index in [1.807, 2.05) is 30.3 Å². The Labute approximate surface area is 127 Å². The molecule has 4 nitrogen and oxygen atoms in total. The van der Waals surface area contributed by atoms with E-state index >= 15 is 0 Å². The van der Waals surface area contributed by atoms with E-state index in [9.17, 15) is 14.0 Å². The summed E-state index contributed by atoms with van der Waals surface area (Å²) in [5, 5.41) is 3.10. The highest BCUT2D eigenvalue weighted by Gasteiger charge is 2.39. The van der Waals surface area contributed by atoms with Gasteiger partial charge in [0.25, 0.3) is 5.91 Å². The Morgan fingerprint density at radius 1 is 1.05 bits per heavy atom. The standard InChI is InChI=1S/C17H15FN2O2/c18-13-6-8-14(9-7-13)20-16(21)10-15(17(20)22)19-11-12-4-2-1-3-5-12/h1-9,15,19H,10-11H2/t15-/m1/s1. The summed E-state index contributed by atoms with van der Waals surface area (Å²) in [5.74, 6) is -0.976. The third-order valence-electron chi connectivity index (χ3n) is 3.63. The molecule has 0 unspecified atom stereocenters. The number of anilines is 1. The second-order valence-corrected chi connectivity index (χ2v) is 5.17. The Morgan fingerprint density at radius 3 is 2.41 bits per heavy atom. The van der Waals surface area contributed by atoms with Crippen molar-refractivity contribution in [1.82, 2.24) is 5.32 Å². The Balaban J connectivity index is 1.70. The van der Waals surface area contributed by atoms with Crippen LogP contribution in [0.25, 0.3) is 0 Å². The van der Waals surface area contributed by atoms with Crippen molar-refractivity contribution in [1.29, 1.82) is 0 Å². The van der Waals surface area contributed by atoms with Gasteiger partial charge in [-0.1, -0.05) is 30.3 Å². The first-order valence-corrected chi connectivity index (χ1v) is 7.05. The molecule has 1 aliphatic heterocycles. The molecule has 1 aliphatic rings. The topological polar surface area (TPSA) is 49.4 Å². The van der Waals surface area contributed by atoms with Crippen molar-refractivity contribution in [3.05, 3.63) is 66.0 Å². The zero-order valence-corrected chi connectivity index (χ0v) is 11.8. The maximum absolute atomic E-state index is 13.0. The fraction of sp³-hybridized carbons (Fsp3) is 0.176. The molecule has 0 aliphatic carbocycles. The van der Waals surface area contributed by atoms with E-state index in [0.717, 1.165) is 10.5 Å². The third-order valence-corrected chi connectivity index (χ3v) is 3.63. The van der Waals surface area contributed by atoms with E-state index in [2.05, 4.69) is 5.32 Å². The summed E-state index contributed by atoms with van der Waals surface area (Å²) in [7, 11) is 0. The Kier molecular flexibility index (Phi) is 3.98. The largest absolute Gasteiger partial charge is 0.301 e. The molecule has 2 aromatic rings. The number of halogens is 1. The summed E-state index contributed by atoms with van der Waals surface area (Å²) >= 11 is 0. The van der Waals surface area contributed by atoms with Crippen LogP contribution >= 0.6 is 0 Å². The highest BCUT2D eigenvalue weighted by molar-refractivity contribution is 6.22. The number of imide groups is 1. The third kappa shape index (κ3) is 2.89. The van der Waals surface area contributed by atoms with Gasteiger partial charge in [0.15, 0.2) is 0 Å². The van der Waals surface area contributed by atoms with Gasteiger partial charge in [-0.2, -0.15) is 0 Å². The van der Waals surface area contributed by atoms with Crippen molar-refractivity contribution in [3.63, 3.8) is 0 Å². The predicted octanol–water partition coefficient (Wildman–Crippen LogP) is 2.25. The van der Waals surface area contributed by atoms with E-state index in [1.54, 1.807) is 0 Å². The Bertz CT molecular complexity index is 686. The fourth-order valence-electron chi connectivity index (χ4n) is 2.49. The number of rotatable bonds is 4. The van der Waals surface area contributed by atoms with Crippen LogP contribution in [0.1, 0.15) is 12.0 Å². The van der Waals surface area contributed by atoms with E-state index in [4.69, 9.17) is 0 Å². The van der Waals surface area contributed by atoms with E-state index in [1.165, 1.54) is 24.3 Å². The van der Waals surface area contributed by atoms with Crippen LogP contribution in [0.2, 0.25) is 0 Å².